The van der Waals surface area contributed by atoms with Crippen LogP contribution in [0.4, 0.5) is 0 Å². The SMILES string of the molecule is CNC(=O)c1ncn2cc(C3=C(C(=O)OCOC(=O)C(C)(C)C)N4C(=O)[C@H]([C@@H](C)O)[C@H]4C3)sc12. The number of hydrogen-bond acceptors (Lipinski definition) is 9. The van der Waals surface area contributed by atoms with E-state index < -0.39 is 36.2 Å². The van der Waals surface area contributed by atoms with Crippen molar-refractivity contribution in [3.8, 4) is 0 Å². The zero-order valence-corrected chi connectivity index (χ0v) is 20.3. The molecule has 0 radical (unpaired) electrons. The molecule has 34 heavy (non-hydrogen) atoms. The molecule has 2 aliphatic rings. The molecule has 11 nitrogen and oxygen atoms in total. The van der Waals surface area contributed by atoms with Gasteiger partial charge in [0.25, 0.3) is 5.91 Å². The van der Waals surface area contributed by atoms with Gasteiger partial charge in [-0.2, -0.15) is 0 Å². The van der Waals surface area contributed by atoms with Crippen LogP contribution in [0.25, 0.3) is 10.4 Å². The number of hydrogen-bond donors (Lipinski definition) is 2. The van der Waals surface area contributed by atoms with E-state index in [-0.39, 0.29) is 29.2 Å². The van der Waals surface area contributed by atoms with Gasteiger partial charge in [-0.3, -0.25) is 18.8 Å². The van der Waals surface area contributed by atoms with Crippen LogP contribution in [0, 0.1) is 11.3 Å². The number of imidazole rings is 1. The number of aromatic nitrogens is 2. The highest BCUT2D eigenvalue weighted by atomic mass is 32.1. The third-order valence-electron chi connectivity index (χ3n) is 5.87. The summed E-state index contributed by atoms with van der Waals surface area (Å²) in [5.74, 6) is -2.68. The maximum absolute atomic E-state index is 13.0. The minimum atomic E-state index is -0.874. The first-order valence-corrected chi connectivity index (χ1v) is 11.5. The normalized spacial score (nSPS) is 20.8. The lowest BCUT2D eigenvalue weighted by molar-refractivity contribution is -0.175. The molecule has 0 unspecified atom stereocenters. The Labute approximate surface area is 199 Å². The van der Waals surface area contributed by atoms with Gasteiger partial charge in [-0.1, -0.05) is 0 Å². The van der Waals surface area contributed by atoms with Gasteiger partial charge in [0.2, 0.25) is 12.7 Å². The predicted molar refractivity (Wildman–Crippen MR) is 120 cm³/mol. The number of carbonyl (C=O) groups is 4. The molecule has 0 aliphatic carbocycles. The summed E-state index contributed by atoms with van der Waals surface area (Å²) >= 11 is 1.26. The van der Waals surface area contributed by atoms with Gasteiger partial charge in [0.1, 0.15) is 16.9 Å². The van der Waals surface area contributed by atoms with Crippen molar-refractivity contribution in [3.63, 3.8) is 0 Å². The Morgan fingerprint density at radius 1 is 1.32 bits per heavy atom. The molecule has 2 aliphatic heterocycles. The number of aliphatic hydroxyl groups excluding tert-OH is 1. The third-order valence-corrected chi connectivity index (χ3v) is 7.03. The number of nitrogens with one attached hydrogen (secondary N) is 1. The summed E-state index contributed by atoms with van der Waals surface area (Å²) in [6.07, 6.45) is 2.69. The van der Waals surface area contributed by atoms with Gasteiger partial charge >= 0.3 is 11.9 Å². The number of nitrogens with zero attached hydrogens (tertiary/aromatic N) is 3. The van der Waals surface area contributed by atoms with Crippen LogP contribution in [-0.4, -0.2) is 69.1 Å². The molecule has 182 valence electrons. The standard InChI is InChI=1S/C22H26N4O7S/c1-10(27)14-12-6-11(13-7-25-8-24-15(17(28)23-5)19(25)34-13)16(26(12)18(14)29)20(30)32-9-33-21(31)22(2,3)4/h7-8,10,12,14,27H,6,9H2,1-5H3,(H,23,28)/t10-,12-,14-/m1/s1. The molecule has 1 fully saturated rings. The molecule has 1 saturated heterocycles. The second-order valence-electron chi connectivity index (χ2n) is 9.28. The van der Waals surface area contributed by atoms with Crippen LogP contribution in [0.2, 0.25) is 0 Å². The molecule has 12 heteroatoms. The Bertz CT molecular complexity index is 1220. The van der Waals surface area contributed by atoms with E-state index >= 15 is 0 Å². The minimum Gasteiger partial charge on any atom is -0.427 e. The number of rotatable bonds is 6. The van der Waals surface area contributed by atoms with Gasteiger partial charge in [-0.05, 0) is 34.1 Å². The fraction of sp³-hybridized carbons (Fsp3) is 0.500. The number of amides is 2. The maximum atomic E-state index is 13.0. The summed E-state index contributed by atoms with van der Waals surface area (Å²) in [7, 11) is 1.51. The second kappa shape index (κ2) is 8.51. The first kappa shape index (κ1) is 23.9. The lowest BCUT2D eigenvalue weighted by Crippen LogP contribution is -2.61. The smallest absolute Gasteiger partial charge is 0.358 e. The molecule has 2 aromatic rings. The monoisotopic (exact) mass is 490 g/mol. The maximum Gasteiger partial charge on any atom is 0.358 e. The van der Waals surface area contributed by atoms with Crippen LogP contribution in [0.1, 0.15) is 49.5 Å². The number of aliphatic hydroxyl groups is 1. The van der Waals surface area contributed by atoms with Crippen LogP contribution in [0.5, 0.6) is 0 Å². The van der Waals surface area contributed by atoms with Gasteiger partial charge in [0, 0.05) is 18.8 Å². The highest BCUT2D eigenvalue weighted by Crippen LogP contribution is 2.48. The molecule has 4 rings (SSSR count). The number of fused-ring (bicyclic) bond motifs is 2. The Morgan fingerprint density at radius 3 is 2.65 bits per heavy atom. The zero-order chi connectivity index (χ0) is 24.9. The van der Waals surface area contributed by atoms with Gasteiger partial charge in [0.05, 0.1) is 28.4 Å². The summed E-state index contributed by atoms with van der Waals surface area (Å²) in [5.41, 5.74) is 0.0994. The van der Waals surface area contributed by atoms with Gasteiger partial charge < -0.3 is 24.8 Å². The largest absolute Gasteiger partial charge is 0.427 e. The fourth-order valence-corrected chi connectivity index (χ4v) is 5.24. The predicted octanol–water partition coefficient (Wildman–Crippen LogP) is 1.17. The summed E-state index contributed by atoms with van der Waals surface area (Å²) in [6, 6.07) is -0.389. The van der Waals surface area contributed by atoms with E-state index in [0.29, 0.717) is 21.7 Å². The van der Waals surface area contributed by atoms with Crippen molar-refractivity contribution in [2.24, 2.45) is 11.3 Å². The Balaban J connectivity index is 1.66. The molecule has 4 heterocycles. The van der Waals surface area contributed by atoms with Crippen molar-refractivity contribution in [2.75, 3.05) is 13.8 Å². The van der Waals surface area contributed by atoms with Gasteiger partial charge in [-0.15, -0.1) is 11.3 Å². The quantitative estimate of drug-likeness (QED) is 0.349. The summed E-state index contributed by atoms with van der Waals surface area (Å²) in [4.78, 5) is 56.6. The van der Waals surface area contributed by atoms with Crippen molar-refractivity contribution in [3.05, 3.63) is 28.8 Å². The topological polar surface area (TPSA) is 140 Å². The third kappa shape index (κ3) is 3.86. The number of carbonyl (C=O) groups excluding carboxylic acids is 4. The van der Waals surface area contributed by atoms with Gasteiger partial charge in [-0.25, -0.2) is 9.78 Å². The van der Waals surface area contributed by atoms with E-state index in [0.717, 1.165) is 0 Å². The first-order valence-electron chi connectivity index (χ1n) is 10.7. The molecule has 3 atom stereocenters. The highest BCUT2D eigenvalue weighted by Gasteiger charge is 2.57. The molecule has 0 saturated carbocycles. The molecule has 2 N–H and O–H groups in total. The molecule has 2 aromatic heterocycles. The number of thiazole rings is 1. The van der Waals surface area contributed by atoms with Crippen LogP contribution < -0.4 is 5.32 Å². The molecule has 0 aromatic carbocycles. The molecular weight excluding hydrogens is 464 g/mol. The minimum absolute atomic E-state index is 0.0534. The average molecular weight is 491 g/mol. The first-order chi connectivity index (χ1) is 16.0. The lowest BCUT2D eigenvalue weighted by Gasteiger charge is -2.44. The fourth-order valence-electron chi connectivity index (χ4n) is 4.11. The second-order valence-corrected chi connectivity index (χ2v) is 10.3. The van der Waals surface area contributed by atoms with Crippen LogP contribution in [-0.2, 0) is 23.9 Å². The average Bonchev–Trinajstić information content (AvgIpc) is 3.42. The lowest BCUT2D eigenvalue weighted by atomic mass is 9.83. The van der Waals surface area contributed by atoms with E-state index in [4.69, 9.17) is 9.47 Å². The summed E-state index contributed by atoms with van der Waals surface area (Å²) in [5, 5.41) is 12.6. The Morgan fingerprint density at radius 2 is 2.03 bits per heavy atom. The highest BCUT2D eigenvalue weighted by molar-refractivity contribution is 7.18. The van der Waals surface area contributed by atoms with Crippen molar-refractivity contribution < 1.29 is 33.8 Å². The molecule has 0 bridgehead atoms. The number of esters is 2. The summed E-state index contributed by atoms with van der Waals surface area (Å²) in [6.45, 7) is 5.98. The molecular formula is C22H26N4O7S. The van der Waals surface area contributed by atoms with E-state index in [2.05, 4.69) is 10.3 Å². The Hall–Kier alpha value is -3.25. The van der Waals surface area contributed by atoms with Crippen LogP contribution >= 0.6 is 11.3 Å². The number of ether oxygens (including phenoxy) is 2. The van der Waals surface area contributed by atoms with E-state index in [1.165, 1.54) is 29.6 Å². The Kier molecular flexibility index (Phi) is 5.98. The van der Waals surface area contributed by atoms with Crippen molar-refractivity contribution >= 4 is 45.5 Å². The van der Waals surface area contributed by atoms with E-state index in [1.807, 2.05) is 0 Å². The van der Waals surface area contributed by atoms with E-state index in [9.17, 15) is 24.3 Å². The van der Waals surface area contributed by atoms with Crippen molar-refractivity contribution in [1.82, 2.24) is 19.6 Å². The van der Waals surface area contributed by atoms with Crippen LogP contribution in [0.15, 0.2) is 18.2 Å². The van der Waals surface area contributed by atoms with Gasteiger partial charge in [0.15, 0.2) is 5.69 Å². The van der Waals surface area contributed by atoms with Crippen molar-refractivity contribution in [1.29, 1.82) is 0 Å². The molecule has 0 spiro atoms. The van der Waals surface area contributed by atoms with Crippen LogP contribution in [0.3, 0.4) is 0 Å². The number of β-lactam (4-membered cyclic amide) rings is 1. The summed E-state index contributed by atoms with van der Waals surface area (Å²) < 4.78 is 11.9. The van der Waals surface area contributed by atoms with Crippen molar-refractivity contribution in [2.45, 2.75) is 46.3 Å². The zero-order valence-electron chi connectivity index (χ0n) is 19.4. The molecule has 2 amide bonds. The van der Waals surface area contributed by atoms with E-state index in [1.54, 1.807) is 38.3 Å².